The second kappa shape index (κ2) is 9.89. The van der Waals surface area contributed by atoms with Crippen LogP contribution in [0.5, 0.6) is 0 Å². The molecule has 0 aliphatic rings. The molecule has 34 valence electrons. The van der Waals surface area contributed by atoms with Gasteiger partial charge >= 0.3 is 51.4 Å². The first-order valence-corrected chi connectivity index (χ1v) is 1.90. The molecular formula is H5KNO3P. The van der Waals surface area contributed by atoms with Gasteiger partial charge in [-0.2, -0.15) is 0 Å². The van der Waals surface area contributed by atoms with Crippen molar-refractivity contribution in [2.24, 2.45) is 0 Å². The van der Waals surface area contributed by atoms with Gasteiger partial charge in [0.1, 0.15) is 8.25 Å². The zero-order chi connectivity index (χ0) is 3.58. The summed E-state index contributed by atoms with van der Waals surface area (Å²) in [5.41, 5.74) is 0. The van der Waals surface area contributed by atoms with Crippen LogP contribution in [0.1, 0.15) is 0 Å². The van der Waals surface area contributed by atoms with Gasteiger partial charge in [0.2, 0.25) is 0 Å². The van der Waals surface area contributed by atoms with Crippen LogP contribution in [0.3, 0.4) is 0 Å². The first-order valence-electron chi connectivity index (χ1n) is 0.632. The zero-order valence-electron chi connectivity index (χ0n) is 3.47. The second-order valence-corrected chi connectivity index (χ2v) is 0.798. The molecule has 0 aromatic carbocycles. The van der Waals surface area contributed by atoms with Crippen molar-refractivity contribution in [2.75, 3.05) is 0 Å². The molecule has 6 heteroatoms. The molecule has 0 saturated carbocycles. The maximum atomic E-state index is 8.63. The summed E-state index contributed by atoms with van der Waals surface area (Å²) in [6.45, 7) is 0. The predicted molar refractivity (Wildman–Crippen MR) is 16.2 cm³/mol. The van der Waals surface area contributed by atoms with Gasteiger partial charge in [0.05, 0.1) is 0 Å². The predicted octanol–water partition coefficient (Wildman–Crippen LogP) is -4.11. The largest absolute Gasteiger partial charge is 1.00 e. The van der Waals surface area contributed by atoms with Crippen molar-refractivity contribution < 1.29 is 65.7 Å². The monoisotopic (exact) mass is 137 g/mol. The molecule has 0 bridgehead atoms. The average Bonchev–Trinajstić information content (AvgIpc) is 0.811. The van der Waals surface area contributed by atoms with Crippen molar-refractivity contribution >= 4 is 8.25 Å². The van der Waals surface area contributed by atoms with Crippen LogP contribution in [-0.2, 0) is 4.57 Å². The normalized spacial score (nSPS) is 10.3. The molecule has 0 aliphatic carbocycles. The molecule has 1 unspecified atom stereocenters. The number of hydrogen-bond donors (Lipinski definition) is 2. The van der Waals surface area contributed by atoms with Crippen molar-refractivity contribution in [2.45, 2.75) is 0 Å². The molecule has 0 spiro atoms. The van der Waals surface area contributed by atoms with Crippen molar-refractivity contribution in [1.29, 1.82) is 0 Å². The van der Waals surface area contributed by atoms with E-state index in [0.29, 0.717) is 0 Å². The minimum atomic E-state index is -3.38. The van der Waals surface area contributed by atoms with Crippen molar-refractivity contribution in [3.05, 3.63) is 0 Å². The molecule has 0 saturated heterocycles. The molecule has 1 atom stereocenters. The Bertz CT molecular complexity index is 33.8. The Morgan fingerprint density at radius 3 is 1.67 bits per heavy atom. The van der Waals surface area contributed by atoms with E-state index in [0.717, 1.165) is 0 Å². The van der Waals surface area contributed by atoms with E-state index < -0.39 is 8.25 Å². The number of hydrogen-bond acceptors (Lipinski definition) is 3. The third-order valence-electron chi connectivity index (χ3n) is 0. The summed E-state index contributed by atoms with van der Waals surface area (Å²) in [4.78, 5) is 15.7. The van der Waals surface area contributed by atoms with Gasteiger partial charge in [-0.1, -0.05) is 0 Å². The Kier molecular flexibility index (Phi) is 25.8. The van der Waals surface area contributed by atoms with Crippen LogP contribution in [0, 0.1) is 0 Å². The summed E-state index contributed by atoms with van der Waals surface area (Å²) in [6.07, 6.45) is 0. The van der Waals surface area contributed by atoms with Gasteiger partial charge < -0.3 is 20.5 Å². The van der Waals surface area contributed by atoms with Crippen molar-refractivity contribution in [3.8, 4) is 0 Å². The van der Waals surface area contributed by atoms with Crippen LogP contribution in [-0.4, -0.2) is 4.89 Å². The van der Waals surface area contributed by atoms with Crippen LogP contribution in [0.4, 0.5) is 0 Å². The summed E-state index contributed by atoms with van der Waals surface area (Å²) in [5, 5.41) is 0. The maximum Gasteiger partial charge on any atom is 1.00 e. The molecule has 0 rings (SSSR count). The molecule has 0 aromatic heterocycles. The topological polar surface area (TPSA) is 95.4 Å². The van der Waals surface area contributed by atoms with E-state index in [1.54, 1.807) is 0 Å². The summed E-state index contributed by atoms with van der Waals surface area (Å²) >= 11 is 0. The van der Waals surface area contributed by atoms with Gasteiger partial charge in [0.15, 0.2) is 0 Å². The van der Waals surface area contributed by atoms with Gasteiger partial charge in [0.25, 0.3) is 0 Å². The Morgan fingerprint density at radius 1 is 1.67 bits per heavy atom. The Balaban J connectivity index is -0.0000000450. The van der Waals surface area contributed by atoms with E-state index in [4.69, 9.17) is 14.4 Å². The molecule has 0 radical (unpaired) electrons. The maximum absolute atomic E-state index is 8.63. The van der Waals surface area contributed by atoms with E-state index in [1.807, 2.05) is 0 Å². The molecule has 4 nitrogen and oxygen atoms in total. The molecular weight excluding hydrogens is 132 g/mol. The van der Waals surface area contributed by atoms with Crippen LogP contribution in [0.25, 0.3) is 0 Å². The fourth-order valence-electron chi connectivity index (χ4n) is 0. The van der Waals surface area contributed by atoms with Gasteiger partial charge in [-0.05, 0) is 0 Å². The standard InChI is InChI=1S/K.H3N.H3O3P/c;;1-4(2)3/h;1H3;4H,(H2,1,2,3)/q+1;;/p-1. The smallest absolute Gasteiger partial charge is 0.781 e. The molecule has 4 N–H and O–H groups in total. The summed E-state index contributed by atoms with van der Waals surface area (Å²) in [6, 6.07) is 0. The molecule has 0 aliphatic heterocycles. The Hall–Kier alpha value is 1.75. The fourth-order valence-corrected chi connectivity index (χ4v) is 0. The SMILES string of the molecule is N.O=[PH]([O-])O.[K+]. The van der Waals surface area contributed by atoms with Gasteiger partial charge in [-0.15, -0.1) is 0 Å². The molecule has 0 amide bonds. The van der Waals surface area contributed by atoms with Crippen LogP contribution < -0.4 is 62.4 Å². The van der Waals surface area contributed by atoms with Crippen molar-refractivity contribution in [3.63, 3.8) is 0 Å². The minimum absolute atomic E-state index is 0. The van der Waals surface area contributed by atoms with E-state index >= 15 is 0 Å². The quantitative estimate of drug-likeness (QED) is 0.262. The van der Waals surface area contributed by atoms with Crippen LogP contribution >= 0.6 is 8.25 Å². The molecule has 6 heavy (non-hydrogen) atoms. The summed E-state index contributed by atoms with van der Waals surface area (Å²) in [5.74, 6) is 0. The van der Waals surface area contributed by atoms with Gasteiger partial charge in [-0.3, -0.25) is 0 Å². The molecule has 0 heterocycles. The average molecular weight is 137 g/mol. The third-order valence-corrected chi connectivity index (χ3v) is 0. The van der Waals surface area contributed by atoms with E-state index in [-0.39, 0.29) is 57.5 Å². The fraction of sp³-hybridized carbons (Fsp3) is 0. The first kappa shape index (κ1) is 15.7. The zero-order valence-corrected chi connectivity index (χ0v) is 7.59. The first-order chi connectivity index (χ1) is 1.73. The van der Waals surface area contributed by atoms with Gasteiger partial charge in [-0.25, -0.2) is 0 Å². The Morgan fingerprint density at radius 2 is 1.67 bits per heavy atom. The molecule has 0 fully saturated rings. The van der Waals surface area contributed by atoms with E-state index in [9.17, 15) is 0 Å². The van der Waals surface area contributed by atoms with Crippen LogP contribution in [0.15, 0.2) is 0 Å². The van der Waals surface area contributed by atoms with Crippen LogP contribution in [0.2, 0.25) is 0 Å². The minimum Gasteiger partial charge on any atom is -0.781 e. The summed E-state index contributed by atoms with van der Waals surface area (Å²) < 4.78 is 8.63. The van der Waals surface area contributed by atoms with Crippen molar-refractivity contribution in [1.82, 2.24) is 6.15 Å². The third kappa shape index (κ3) is 42.4. The number of rotatable bonds is 0. The van der Waals surface area contributed by atoms with E-state index in [2.05, 4.69) is 0 Å². The Labute approximate surface area is 78.9 Å². The summed E-state index contributed by atoms with van der Waals surface area (Å²) in [7, 11) is -3.38. The van der Waals surface area contributed by atoms with E-state index in [1.165, 1.54) is 0 Å². The second-order valence-electron chi connectivity index (χ2n) is 0.266. The molecule has 0 aromatic rings. The van der Waals surface area contributed by atoms with Gasteiger partial charge in [0, 0.05) is 0 Å².